The van der Waals surface area contributed by atoms with Crippen LogP contribution in [0.25, 0.3) is 10.8 Å². The second kappa shape index (κ2) is 8.90. The molecule has 0 radical (unpaired) electrons. The lowest BCUT2D eigenvalue weighted by Gasteiger charge is -2.12. The molecule has 0 aliphatic heterocycles. The van der Waals surface area contributed by atoms with Gasteiger partial charge in [0.2, 0.25) is 0 Å². The molecule has 1 amide bonds. The molecule has 4 nitrogen and oxygen atoms in total. The number of benzene rings is 3. The van der Waals surface area contributed by atoms with E-state index in [2.05, 4.69) is 24.4 Å². The van der Waals surface area contributed by atoms with Crippen molar-refractivity contribution in [3.63, 3.8) is 0 Å². The molecule has 0 bridgehead atoms. The summed E-state index contributed by atoms with van der Waals surface area (Å²) in [6.07, 6.45) is 0.872. The van der Waals surface area contributed by atoms with Crippen molar-refractivity contribution in [2.75, 3.05) is 19.8 Å². The highest BCUT2D eigenvalue weighted by Crippen LogP contribution is 2.24. The van der Waals surface area contributed by atoms with Crippen molar-refractivity contribution in [1.82, 2.24) is 5.32 Å². The predicted octanol–water partition coefficient (Wildman–Crippen LogP) is 3.98. The van der Waals surface area contributed by atoms with Crippen LogP contribution in [-0.2, 0) is 11.2 Å². The molecule has 0 saturated heterocycles. The minimum absolute atomic E-state index is 0.00524. The van der Waals surface area contributed by atoms with E-state index in [0.29, 0.717) is 13.2 Å². The lowest BCUT2D eigenvalue weighted by atomic mass is 10.1. The summed E-state index contributed by atoms with van der Waals surface area (Å²) < 4.78 is 11.4. The topological polar surface area (TPSA) is 47.6 Å². The molecule has 0 aromatic heterocycles. The third-order valence-electron chi connectivity index (χ3n) is 4.14. The molecule has 3 aromatic rings. The summed E-state index contributed by atoms with van der Waals surface area (Å²) in [5.74, 6) is 1.43. The summed E-state index contributed by atoms with van der Waals surface area (Å²) in [4.78, 5) is 11.9. The number of carbonyl (C=O) groups is 1. The zero-order valence-corrected chi connectivity index (χ0v) is 14.9. The monoisotopic (exact) mass is 349 g/mol. The highest BCUT2D eigenvalue weighted by Gasteiger charge is 2.06. The van der Waals surface area contributed by atoms with E-state index in [4.69, 9.17) is 9.47 Å². The van der Waals surface area contributed by atoms with E-state index >= 15 is 0 Å². The molecular formula is C22H23NO3. The minimum atomic E-state index is -0.155. The van der Waals surface area contributed by atoms with Crippen molar-refractivity contribution in [3.05, 3.63) is 72.3 Å². The van der Waals surface area contributed by atoms with Crippen LogP contribution in [0.3, 0.4) is 0 Å². The van der Waals surface area contributed by atoms with Crippen molar-refractivity contribution < 1.29 is 14.3 Å². The molecule has 3 rings (SSSR count). The molecule has 0 saturated carbocycles. The number of hydrogen-bond donors (Lipinski definition) is 1. The maximum Gasteiger partial charge on any atom is 0.258 e. The minimum Gasteiger partial charge on any atom is -0.491 e. The van der Waals surface area contributed by atoms with E-state index in [1.807, 2.05) is 54.6 Å². The van der Waals surface area contributed by atoms with E-state index in [0.717, 1.165) is 34.3 Å². The molecule has 3 aromatic carbocycles. The van der Waals surface area contributed by atoms with Crippen LogP contribution < -0.4 is 14.8 Å². The van der Waals surface area contributed by atoms with Gasteiger partial charge in [-0.05, 0) is 29.5 Å². The summed E-state index contributed by atoms with van der Waals surface area (Å²) in [5, 5.41) is 5.03. The molecule has 26 heavy (non-hydrogen) atoms. The van der Waals surface area contributed by atoms with E-state index in [1.165, 1.54) is 0 Å². The highest BCUT2D eigenvalue weighted by atomic mass is 16.5. The van der Waals surface area contributed by atoms with Gasteiger partial charge in [-0.2, -0.15) is 0 Å². The Bertz CT molecular complexity index is 871. The number of hydrogen-bond acceptors (Lipinski definition) is 3. The fourth-order valence-electron chi connectivity index (χ4n) is 2.80. The van der Waals surface area contributed by atoms with Crippen molar-refractivity contribution in [3.8, 4) is 11.5 Å². The lowest BCUT2D eigenvalue weighted by molar-refractivity contribution is -0.123. The third-order valence-corrected chi connectivity index (χ3v) is 4.14. The van der Waals surface area contributed by atoms with E-state index in [-0.39, 0.29) is 12.5 Å². The van der Waals surface area contributed by atoms with Crippen molar-refractivity contribution in [2.24, 2.45) is 0 Å². The van der Waals surface area contributed by atoms with Gasteiger partial charge in [0, 0.05) is 5.39 Å². The summed E-state index contributed by atoms with van der Waals surface area (Å²) >= 11 is 0. The fraction of sp³-hybridized carbons (Fsp3) is 0.227. The molecule has 0 aliphatic carbocycles. The number of ether oxygens (including phenoxy) is 2. The molecule has 0 heterocycles. The third kappa shape index (κ3) is 4.54. The molecule has 0 fully saturated rings. The van der Waals surface area contributed by atoms with Crippen LogP contribution >= 0.6 is 0 Å². The van der Waals surface area contributed by atoms with Crippen LogP contribution in [-0.4, -0.2) is 25.7 Å². The van der Waals surface area contributed by atoms with Gasteiger partial charge in [0.1, 0.15) is 18.1 Å². The number of fused-ring (bicyclic) bond motifs is 1. The molecule has 1 N–H and O–H groups in total. The van der Waals surface area contributed by atoms with Gasteiger partial charge in [-0.15, -0.1) is 0 Å². The average Bonchev–Trinajstić information content (AvgIpc) is 2.70. The Labute approximate surface area is 153 Å². The van der Waals surface area contributed by atoms with Crippen molar-refractivity contribution in [1.29, 1.82) is 0 Å². The second-order valence-electron chi connectivity index (χ2n) is 5.93. The Morgan fingerprint density at radius 1 is 0.885 bits per heavy atom. The lowest BCUT2D eigenvalue weighted by Crippen LogP contribution is -2.32. The summed E-state index contributed by atoms with van der Waals surface area (Å²) in [7, 11) is 0. The van der Waals surface area contributed by atoms with Gasteiger partial charge in [0.15, 0.2) is 6.61 Å². The zero-order valence-electron chi connectivity index (χ0n) is 14.9. The largest absolute Gasteiger partial charge is 0.491 e. The van der Waals surface area contributed by atoms with Gasteiger partial charge in [-0.3, -0.25) is 4.79 Å². The summed E-state index contributed by atoms with van der Waals surface area (Å²) in [6, 6.07) is 21.8. The summed E-state index contributed by atoms with van der Waals surface area (Å²) in [6.45, 7) is 2.91. The maximum atomic E-state index is 11.9. The van der Waals surface area contributed by atoms with Crippen LogP contribution in [0.4, 0.5) is 0 Å². The number of nitrogens with one attached hydrogen (secondary N) is 1. The Morgan fingerprint density at radius 3 is 2.50 bits per heavy atom. The first-order valence-electron chi connectivity index (χ1n) is 8.86. The molecule has 0 aliphatic rings. The average molecular weight is 349 g/mol. The number of para-hydroxylation sites is 1. The van der Waals surface area contributed by atoms with Crippen LogP contribution in [0.5, 0.6) is 11.5 Å². The van der Waals surface area contributed by atoms with Crippen molar-refractivity contribution in [2.45, 2.75) is 13.3 Å². The SMILES string of the molecule is CCc1ccccc1OCC(=O)NCCOc1cccc2ccccc12. The van der Waals surface area contributed by atoms with Gasteiger partial charge in [-0.25, -0.2) is 0 Å². The number of rotatable bonds is 8. The standard InChI is InChI=1S/C22H23NO3/c1-2-17-8-4-6-12-20(17)26-16-22(24)23-14-15-25-21-13-7-10-18-9-3-5-11-19(18)21/h3-13H,2,14-16H2,1H3,(H,23,24). The van der Waals surface area contributed by atoms with Gasteiger partial charge < -0.3 is 14.8 Å². The highest BCUT2D eigenvalue weighted by molar-refractivity contribution is 5.88. The molecule has 0 spiro atoms. The molecule has 0 atom stereocenters. The Balaban J connectivity index is 1.44. The predicted molar refractivity (Wildman–Crippen MR) is 104 cm³/mol. The first-order valence-corrected chi connectivity index (χ1v) is 8.86. The van der Waals surface area contributed by atoms with Gasteiger partial charge in [-0.1, -0.05) is 61.5 Å². The molecule has 0 unspecified atom stereocenters. The van der Waals surface area contributed by atoms with Crippen molar-refractivity contribution >= 4 is 16.7 Å². The molecule has 134 valence electrons. The van der Waals surface area contributed by atoms with Crippen LogP contribution in [0, 0.1) is 0 Å². The Hall–Kier alpha value is -3.01. The van der Waals surface area contributed by atoms with Gasteiger partial charge in [0.25, 0.3) is 5.91 Å². The molecule has 4 heteroatoms. The zero-order chi connectivity index (χ0) is 18.2. The normalized spacial score (nSPS) is 10.5. The van der Waals surface area contributed by atoms with E-state index in [9.17, 15) is 4.79 Å². The Kier molecular flexibility index (Phi) is 6.09. The smallest absolute Gasteiger partial charge is 0.258 e. The fourth-order valence-corrected chi connectivity index (χ4v) is 2.80. The van der Waals surface area contributed by atoms with E-state index in [1.54, 1.807) is 0 Å². The number of aryl methyl sites for hydroxylation is 1. The number of amides is 1. The van der Waals surface area contributed by atoms with Crippen LogP contribution in [0.15, 0.2) is 66.7 Å². The summed E-state index contributed by atoms with van der Waals surface area (Å²) in [5.41, 5.74) is 1.10. The quantitative estimate of drug-likeness (QED) is 0.626. The first kappa shape index (κ1) is 17.8. The van der Waals surface area contributed by atoms with Gasteiger partial charge in [0.05, 0.1) is 6.54 Å². The van der Waals surface area contributed by atoms with Gasteiger partial charge >= 0.3 is 0 Å². The van der Waals surface area contributed by atoms with E-state index < -0.39 is 0 Å². The second-order valence-corrected chi connectivity index (χ2v) is 5.93. The first-order chi connectivity index (χ1) is 12.8. The van der Waals surface area contributed by atoms with Crippen LogP contribution in [0.2, 0.25) is 0 Å². The maximum absolute atomic E-state index is 11.9. The Morgan fingerprint density at radius 2 is 1.62 bits per heavy atom. The van der Waals surface area contributed by atoms with Crippen LogP contribution in [0.1, 0.15) is 12.5 Å². The number of carbonyl (C=O) groups excluding carboxylic acids is 1. The molecular weight excluding hydrogens is 326 g/mol.